The highest BCUT2D eigenvalue weighted by molar-refractivity contribution is 7.20. The Balaban J connectivity index is 0.00000182. The molecule has 0 unspecified atom stereocenters. The van der Waals surface area contributed by atoms with Gasteiger partial charge in [0.15, 0.2) is 0 Å². The van der Waals surface area contributed by atoms with Crippen LogP contribution in [0.5, 0.6) is 0 Å². The minimum Gasteiger partial charge on any atom is -0.349 e. The Labute approximate surface area is 159 Å². The van der Waals surface area contributed by atoms with Gasteiger partial charge in [-0.2, -0.15) is 5.10 Å². The quantitative estimate of drug-likeness (QED) is 0.848. The van der Waals surface area contributed by atoms with Crippen molar-refractivity contribution >= 4 is 39.9 Å². The summed E-state index contributed by atoms with van der Waals surface area (Å²) in [5.74, 6) is 0.0812. The first kappa shape index (κ1) is 18.7. The number of nitrogens with zero attached hydrogens (tertiary/aromatic N) is 2. The molecule has 2 fully saturated rings. The highest BCUT2D eigenvalue weighted by Gasteiger charge is 2.23. The summed E-state index contributed by atoms with van der Waals surface area (Å²) < 4.78 is 2.20. The van der Waals surface area contributed by atoms with E-state index in [1.807, 2.05) is 6.07 Å². The number of amides is 1. The first-order valence-corrected chi connectivity index (χ1v) is 10.0. The van der Waals surface area contributed by atoms with E-state index in [0.29, 0.717) is 12.1 Å². The molecule has 0 spiro atoms. The number of piperidine rings is 1. The van der Waals surface area contributed by atoms with Crippen LogP contribution in [0.15, 0.2) is 6.07 Å². The fraction of sp³-hybridized carbons (Fsp3) is 0.667. The van der Waals surface area contributed by atoms with Crippen molar-refractivity contribution in [3.8, 4) is 0 Å². The highest BCUT2D eigenvalue weighted by atomic mass is 35.5. The van der Waals surface area contributed by atoms with E-state index in [0.717, 1.165) is 41.9 Å². The number of carbonyl (C=O) groups is 1. The molecule has 25 heavy (non-hydrogen) atoms. The summed E-state index contributed by atoms with van der Waals surface area (Å²) in [6.45, 7) is 4.04. The van der Waals surface area contributed by atoms with Gasteiger partial charge in [0.05, 0.1) is 16.6 Å². The molecule has 0 bridgehead atoms. The first-order valence-electron chi connectivity index (χ1n) is 9.22. The molecule has 1 amide bonds. The molecule has 1 saturated carbocycles. The zero-order valence-electron chi connectivity index (χ0n) is 14.7. The number of aromatic nitrogens is 2. The Morgan fingerprint density at radius 1 is 1.24 bits per heavy atom. The maximum absolute atomic E-state index is 12.6. The molecule has 138 valence electrons. The molecule has 3 heterocycles. The fourth-order valence-electron chi connectivity index (χ4n) is 3.98. The van der Waals surface area contributed by atoms with Crippen LogP contribution in [0, 0.1) is 6.92 Å². The zero-order chi connectivity index (χ0) is 16.5. The second-order valence-electron chi connectivity index (χ2n) is 7.15. The van der Waals surface area contributed by atoms with Crippen molar-refractivity contribution in [2.24, 2.45) is 0 Å². The number of hydrogen-bond donors (Lipinski definition) is 2. The standard InChI is InChI=1S/C18H26N4OS.ClH/c1-12-15-11-16(17(23)20-13-7-9-19-10-8-13)24-18(15)22(21-12)14-5-3-2-4-6-14;/h11,13-14,19H,2-10H2,1H3,(H,20,23);1H. The molecule has 1 aliphatic carbocycles. The number of halogens is 1. The van der Waals surface area contributed by atoms with Crippen LogP contribution in [-0.2, 0) is 0 Å². The average Bonchev–Trinajstić information content (AvgIpc) is 3.18. The lowest BCUT2D eigenvalue weighted by Crippen LogP contribution is -2.42. The smallest absolute Gasteiger partial charge is 0.261 e. The van der Waals surface area contributed by atoms with Crippen LogP contribution < -0.4 is 10.6 Å². The Morgan fingerprint density at radius 3 is 2.68 bits per heavy atom. The van der Waals surface area contributed by atoms with E-state index >= 15 is 0 Å². The normalized spacial score (nSPS) is 19.7. The van der Waals surface area contributed by atoms with Gasteiger partial charge in [-0.25, -0.2) is 0 Å². The van der Waals surface area contributed by atoms with Gasteiger partial charge < -0.3 is 10.6 Å². The van der Waals surface area contributed by atoms with Crippen LogP contribution in [0.2, 0.25) is 0 Å². The number of thiophene rings is 1. The van der Waals surface area contributed by atoms with Crippen molar-refractivity contribution in [1.82, 2.24) is 20.4 Å². The van der Waals surface area contributed by atoms with Gasteiger partial charge in [0.2, 0.25) is 0 Å². The predicted molar refractivity (Wildman–Crippen MR) is 105 cm³/mol. The minimum atomic E-state index is 0. The molecule has 2 N–H and O–H groups in total. The molecule has 2 aliphatic rings. The van der Waals surface area contributed by atoms with Gasteiger partial charge in [-0.3, -0.25) is 9.48 Å². The first-order chi connectivity index (χ1) is 11.7. The number of carbonyl (C=O) groups excluding carboxylic acids is 1. The summed E-state index contributed by atoms with van der Waals surface area (Å²) in [6, 6.07) is 2.85. The molecule has 4 rings (SSSR count). The molecular formula is C18H27ClN4OS. The van der Waals surface area contributed by atoms with E-state index in [1.165, 1.54) is 36.9 Å². The third kappa shape index (κ3) is 3.86. The highest BCUT2D eigenvalue weighted by Crippen LogP contribution is 2.35. The Kier molecular flexibility index (Phi) is 6.02. The number of aryl methyl sites for hydroxylation is 1. The van der Waals surface area contributed by atoms with Gasteiger partial charge in [-0.05, 0) is 51.8 Å². The molecule has 0 aromatic carbocycles. The van der Waals surface area contributed by atoms with Gasteiger partial charge in [-0.15, -0.1) is 23.7 Å². The molecule has 2 aromatic heterocycles. The van der Waals surface area contributed by atoms with E-state index in [4.69, 9.17) is 5.10 Å². The van der Waals surface area contributed by atoms with Crippen LogP contribution >= 0.6 is 23.7 Å². The van der Waals surface area contributed by atoms with Crippen molar-refractivity contribution in [3.05, 3.63) is 16.6 Å². The van der Waals surface area contributed by atoms with Crippen molar-refractivity contribution in [3.63, 3.8) is 0 Å². The monoisotopic (exact) mass is 382 g/mol. The summed E-state index contributed by atoms with van der Waals surface area (Å²) in [7, 11) is 0. The van der Waals surface area contributed by atoms with Crippen LogP contribution in [0.1, 0.15) is 66.4 Å². The topological polar surface area (TPSA) is 59.0 Å². The lowest BCUT2D eigenvalue weighted by Gasteiger charge is -2.23. The maximum Gasteiger partial charge on any atom is 0.261 e. The zero-order valence-corrected chi connectivity index (χ0v) is 16.3. The van der Waals surface area contributed by atoms with Crippen molar-refractivity contribution in [2.75, 3.05) is 13.1 Å². The summed E-state index contributed by atoms with van der Waals surface area (Å²) in [5, 5.41) is 12.5. The van der Waals surface area contributed by atoms with Gasteiger partial charge in [0.1, 0.15) is 4.83 Å². The third-order valence-corrected chi connectivity index (χ3v) is 6.51. The summed E-state index contributed by atoms with van der Waals surface area (Å²) in [5.41, 5.74) is 1.05. The minimum absolute atomic E-state index is 0. The number of rotatable bonds is 3. The lowest BCUT2D eigenvalue weighted by atomic mass is 9.96. The molecule has 5 nitrogen and oxygen atoms in total. The van der Waals surface area contributed by atoms with Crippen LogP contribution in [0.4, 0.5) is 0 Å². The number of nitrogens with one attached hydrogen (secondary N) is 2. The molecule has 0 radical (unpaired) electrons. The fourth-order valence-corrected chi connectivity index (χ4v) is 5.12. The summed E-state index contributed by atoms with van der Waals surface area (Å²) in [4.78, 5) is 14.6. The second-order valence-corrected chi connectivity index (χ2v) is 8.18. The van der Waals surface area contributed by atoms with E-state index in [-0.39, 0.29) is 18.3 Å². The van der Waals surface area contributed by atoms with Crippen molar-refractivity contribution < 1.29 is 4.79 Å². The molecule has 1 aliphatic heterocycles. The second kappa shape index (κ2) is 8.06. The lowest BCUT2D eigenvalue weighted by molar-refractivity contribution is 0.0934. The Morgan fingerprint density at radius 2 is 1.96 bits per heavy atom. The van der Waals surface area contributed by atoms with Crippen LogP contribution in [0.3, 0.4) is 0 Å². The predicted octanol–water partition coefficient (Wildman–Crippen LogP) is 3.82. The summed E-state index contributed by atoms with van der Waals surface area (Å²) >= 11 is 1.61. The SMILES string of the molecule is Cc1nn(C2CCCCC2)c2sc(C(=O)NC3CCNCC3)cc12.Cl. The van der Waals surface area contributed by atoms with Crippen molar-refractivity contribution in [1.29, 1.82) is 0 Å². The van der Waals surface area contributed by atoms with Gasteiger partial charge in [-0.1, -0.05) is 19.3 Å². The van der Waals surface area contributed by atoms with Crippen LogP contribution in [-0.4, -0.2) is 34.8 Å². The van der Waals surface area contributed by atoms with Gasteiger partial charge in [0.25, 0.3) is 5.91 Å². The van der Waals surface area contributed by atoms with E-state index in [1.54, 1.807) is 11.3 Å². The van der Waals surface area contributed by atoms with Gasteiger partial charge >= 0.3 is 0 Å². The molecule has 2 aromatic rings. The Bertz CT molecular complexity index is 729. The maximum atomic E-state index is 12.6. The van der Waals surface area contributed by atoms with E-state index in [2.05, 4.69) is 22.2 Å². The summed E-state index contributed by atoms with van der Waals surface area (Å²) in [6.07, 6.45) is 8.39. The third-order valence-electron chi connectivity index (χ3n) is 5.39. The largest absolute Gasteiger partial charge is 0.349 e. The van der Waals surface area contributed by atoms with Crippen LogP contribution in [0.25, 0.3) is 10.2 Å². The number of hydrogen-bond acceptors (Lipinski definition) is 4. The van der Waals surface area contributed by atoms with Gasteiger partial charge in [0, 0.05) is 11.4 Å². The molecule has 0 atom stereocenters. The average molecular weight is 383 g/mol. The Hall–Kier alpha value is -1.11. The molecule has 7 heteroatoms. The number of fused-ring (bicyclic) bond motifs is 1. The van der Waals surface area contributed by atoms with E-state index < -0.39 is 0 Å². The van der Waals surface area contributed by atoms with E-state index in [9.17, 15) is 4.79 Å². The molecular weight excluding hydrogens is 356 g/mol. The van der Waals surface area contributed by atoms with Crippen molar-refractivity contribution in [2.45, 2.75) is 64.0 Å². The molecule has 1 saturated heterocycles.